The number of carbonyl (C=O) groups excluding carboxylic acids is 1. The smallest absolute Gasteiger partial charge is 0.234 e. The Hall–Kier alpha value is -0.950. The monoisotopic (exact) mass is 406 g/mol. The maximum atomic E-state index is 12.2. The Balaban J connectivity index is 2.04. The number of nitrogens with one attached hydrogen (secondary N) is 1. The van der Waals surface area contributed by atoms with Gasteiger partial charge in [0, 0.05) is 12.5 Å². The van der Waals surface area contributed by atoms with Gasteiger partial charge in [-0.15, -0.1) is 10.2 Å². The lowest BCUT2D eigenvalue weighted by Gasteiger charge is -2.13. The molecule has 130 valence electrons. The quantitative estimate of drug-likeness (QED) is 0.534. The zero-order chi connectivity index (χ0) is 17.9. The SMILES string of the molecule is CCc1nnc(SCC(=O)Nc2cc(Cl)c(Cl)cc2Cl)n1C(C)C. The number of aryl methyl sites for hydroxylation is 1. The topological polar surface area (TPSA) is 59.8 Å². The van der Waals surface area contributed by atoms with E-state index in [9.17, 15) is 4.79 Å². The summed E-state index contributed by atoms with van der Waals surface area (Å²) in [6.07, 6.45) is 0.789. The largest absolute Gasteiger partial charge is 0.324 e. The third-order valence-corrected chi connectivity index (χ3v) is 5.16. The standard InChI is InChI=1S/C15H17Cl3N4OS/c1-4-13-20-21-15(22(13)8(2)3)24-7-14(23)19-12-6-10(17)9(16)5-11(12)18/h5-6,8H,4,7H2,1-3H3,(H,19,23). The van der Waals surface area contributed by atoms with Gasteiger partial charge >= 0.3 is 0 Å². The maximum Gasteiger partial charge on any atom is 0.234 e. The van der Waals surface area contributed by atoms with Gasteiger partial charge in [-0.3, -0.25) is 4.79 Å². The number of anilines is 1. The number of amides is 1. The van der Waals surface area contributed by atoms with Gasteiger partial charge in [0.15, 0.2) is 5.16 Å². The molecular weight excluding hydrogens is 391 g/mol. The Morgan fingerprint density at radius 3 is 2.50 bits per heavy atom. The summed E-state index contributed by atoms with van der Waals surface area (Å²) in [5.74, 6) is 0.877. The molecule has 0 bridgehead atoms. The molecule has 0 spiro atoms. The van der Waals surface area contributed by atoms with E-state index in [2.05, 4.69) is 29.4 Å². The molecule has 9 heteroatoms. The number of aromatic nitrogens is 3. The van der Waals surface area contributed by atoms with Crippen molar-refractivity contribution in [2.75, 3.05) is 11.1 Å². The Labute approximate surface area is 160 Å². The number of nitrogens with zero attached hydrogens (tertiary/aromatic N) is 3. The molecule has 24 heavy (non-hydrogen) atoms. The zero-order valence-corrected chi connectivity index (χ0v) is 16.5. The molecule has 0 atom stereocenters. The minimum atomic E-state index is -0.211. The van der Waals surface area contributed by atoms with Crippen LogP contribution in [0.2, 0.25) is 15.1 Å². The summed E-state index contributed by atoms with van der Waals surface area (Å²) in [4.78, 5) is 12.2. The number of halogens is 3. The molecule has 1 aromatic carbocycles. The van der Waals surface area contributed by atoms with Gasteiger partial charge in [-0.05, 0) is 26.0 Å². The van der Waals surface area contributed by atoms with Crippen LogP contribution in [0.1, 0.15) is 32.6 Å². The third kappa shape index (κ3) is 4.57. The first-order chi connectivity index (χ1) is 11.3. The van der Waals surface area contributed by atoms with Crippen molar-refractivity contribution >= 4 is 58.2 Å². The van der Waals surface area contributed by atoms with Crippen molar-refractivity contribution in [3.05, 3.63) is 33.0 Å². The number of thioether (sulfide) groups is 1. The number of carbonyl (C=O) groups is 1. The molecule has 2 rings (SSSR count). The molecule has 0 unspecified atom stereocenters. The van der Waals surface area contributed by atoms with Gasteiger partial charge in [0.1, 0.15) is 5.82 Å². The normalized spacial score (nSPS) is 11.1. The van der Waals surface area contributed by atoms with Crippen LogP contribution in [0.4, 0.5) is 5.69 Å². The van der Waals surface area contributed by atoms with E-state index in [1.165, 1.54) is 23.9 Å². The molecule has 2 aromatic rings. The summed E-state index contributed by atoms with van der Waals surface area (Å²) in [6.45, 7) is 6.14. The van der Waals surface area contributed by atoms with Gasteiger partial charge < -0.3 is 9.88 Å². The lowest BCUT2D eigenvalue weighted by atomic mass is 10.3. The first-order valence-corrected chi connectivity index (χ1v) is 9.46. The second-order valence-electron chi connectivity index (χ2n) is 5.30. The molecule has 1 N–H and O–H groups in total. The fourth-order valence-corrected chi connectivity index (χ4v) is 3.58. The van der Waals surface area contributed by atoms with Crippen LogP contribution >= 0.6 is 46.6 Å². The molecule has 0 saturated carbocycles. The van der Waals surface area contributed by atoms with Crippen LogP contribution in [-0.2, 0) is 11.2 Å². The lowest BCUT2D eigenvalue weighted by molar-refractivity contribution is -0.113. The summed E-state index contributed by atoms with van der Waals surface area (Å²) >= 11 is 19.2. The minimum Gasteiger partial charge on any atom is -0.324 e. The molecule has 0 aliphatic heterocycles. The summed E-state index contributed by atoms with van der Waals surface area (Å²) in [7, 11) is 0. The van der Waals surface area contributed by atoms with Crippen LogP contribution in [0.3, 0.4) is 0 Å². The summed E-state index contributed by atoms with van der Waals surface area (Å²) in [6, 6.07) is 3.25. The van der Waals surface area contributed by atoms with Crippen LogP contribution in [0.15, 0.2) is 17.3 Å². The molecule has 1 aromatic heterocycles. The van der Waals surface area contributed by atoms with E-state index < -0.39 is 0 Å². The summed E-state index contributed by atoms with van der Waals surface area (Å²) in [5, 5.41) is 12.8. The van der Waals surface area contributed by atoms with Gasteiger partial charge in [0.25, 0.3) is 0 Å². The Kier molecular flexibility index (Phi) is 6.80. The van der Waals surface area contributed by atoms with Crippen molar-refractivity contribution in [3.63, 3.8) is 0 Å². The average molecular weight is 408 g/mol. The van der Waals surface area contributed by atoms with Gasteiger partial charge in [0.05, 0.1) is 26.5 Å². The molecule has 1 amide bonds. The first kappa shape index (κ1) is 19.4. The van der Waals surface area contributed by atoms with Crippen molar-refractivity contribution in [1.29, 1.82) is 0 Å². The van der Waals surface area contributed by atoms with Gasteiger partial charge in [-0.2, -0.15) is 0 Å². The Morgan fingerprint density at radius 2 is 1.88 bits per heavy atom. The van der Waals surface area contributed by atoms with Crippen LogP contribution < -0.4 is 5.32 Å². The van der Waals surface area contributed by atoms with Gasteiger partial charge in [-0.25, -0.2) is 0 Å². The number of benzene rings is 1. The molecular formula is C15H17Cl3N4OS. The highest BCUT2D eigenvalue weighted by molar-refractivity contribution is 7.99. The number of rotatable bonds is 6. The fraction of sp³-hybridized carbons (Fsp3) is 0.400. The first-order valence-electron chi connectivity index (χ1n) is 7.34. The zero-order valence-electron chi connectivity index (χ0n) is 13.4. The third-order valence-electron chi connectivity index (χ3n) is 3.18. The van der Waals surface area contributed by atoms with Crippen molar-refractivity contribution in [1.82, 2.24) is 14.8 Å². The Morgan fingerprint density at radius 1 is 1.21 bits per heavy atom. The molecule has 5 nitrogen and oxygen atoms in total. The van der Waals surface area contributed by atoms with E-state index >= 15 is 0 Å². The molecule has 0 radical (unpaired) electrons. The summed E-state index contributed by atoms with van der Waals surface area (Å²) in [5.41, 5.74) is 0.427. The minimum absolute atomic E-state index is 0.186. The van der Waals surface area contributed by atoms with Crippen LogP contribution in [0.25, 0.3) is 0 Å². The maximum absolute atomic E-state index is 12.2. The van der Waals surface area contributed by atoms with E-state index in [-0.39, 0.29) is 17.7 Å². The van der Waals surface area contributed by atoms with E-state index in [4.69, 9.17) is 34.8 Å². The van der Waals surface area contributed by atoms with Crippen molar-refractivity contribution in [2.45, 2.75) is 38.4 Å². The van der Waals surface area contributed by atoms with E-state index in [1.54, 1.807) is 0 Å². The predicted octanol–water partition coefficient (Wildman–Crippen LogP) is 5.11. The molecule has 0 fully saturated rings. The molecule has 0 aliphatic rings. The highest BCUT2D eigenvalue weighted by Gasteiger charge is 2.16. The Bertz CT molecular complexity index is 749. The van der Waals surface area contributed by atoms with Crippen molar-refractivity contribution in [2.24, 2.45) is 0 Å². The lowest BCUT2D eigenvalue weighted by Crippen LogP contribution is -2.15. The highest BCUT2D eigenvalue weighted by atomic mass is 35.5. The van der Waals surface area contributed by atoms with Crippen LogP contribution in [0, 0.1) is 0 Å². The van der Waals surface area contributed by atoms with Gasteiger partial charge in [0.2, 0.25) is 5.91 Å². The van der Waals surface area contributed by atoms with Crippen molar-refractivity contribution in [3.8, 4) is 0 Å². The second kappa shape index (κ2) is 8.43. The van der Waals surface area contributed by atoms with E-state index in [0.29, 0.717) is 20.8 Å². The molecule has 0 aliphatic carbocycles. The van der Waals surface area contributed by atoms with Crippen LogP contribution in [-0.4, -0.2) is 26.4 Å². The van der Waals surface area contributed by atoms with E-state index in [0.717, 1.165) is 17.4 Å². The number of hydrogen-bond acceptors (Lipinski definition) is 4. The predicted molar refractivity (Wildman–Crippen MR) is 101 cm³/mol. The van der Waals surface area contributed by atoms with E-state index in [1.807, 2.05) is 11.5 Å². The number of hydrogen-bond donors (Lipinski definition) is 1. The molecule has 0 saturated heterocycles. The van der Waals surface area contributed by atoms with Crippen molar-refractivity contribution < 1.29 is 4.79 Å². The van der Waals surface area contributed by atoms with Gasteiger partial charge in [-0.1, -0.05) is 53.5 Å². The second-order valence-corrected chi connectivity index (χ2v) is 7.46. The summed E-state index contributed by atoms with van der Waals surface area (Å²) < 4.78 is 2.03. The average Bonchev–Trinajstić information content (AvgIpc) is 2.94. The van der Waals surface area contributed by atoms with Crippen LogP contribution in [0.5, 0.6) is 0 Å². The molecule has 1 heterocycles. The fourth-order valence-electron chi connectivity index (χ4n) is 2.10. The highest BCUT2D eigenvalue weighted by Crippen LogP contribution is 2.32.